The van der Waals surface area contributed by atoms with Crippen LogP contribution in [0.4, 0.5) is 26.3 Å². The average molecular weight is 310 g/mol. The first-order chi connectivity index (χ1) is 8.11. The Morgan fingerprint density at radius 3 is 2.11 bits per heavy atom. The SMILES string of the molecule is Cl.N[C@H](c1c(F)cccc1C(F)(F)F)C(F)(F)CO. The summed E-state index contributed by atoms with van der Waals surface area (Å²) in [6.07, 6.45) is -5.01. The Kier molecular flexibility index (Phi) is 5.66. The van der Waals surface area contributed by atoms with E-state index in [1.165, 1.54) is 0 Å². The standard InChI is InChI=1S/C10H9F6NO.ClH/c11-6-3-1-2-5(10(14,15)16)7(6)8(17)9(12,13)4-18;/h1-3,8,18H,4,17H2;1H/t8-;/m1./s1. The summed E-state index contributed by atoms with van der Waals surface area (Å²) in [6.45, 7) is -1.78. The summed E-state index contributed by atoms with van der Waals surface area (Å²) in [6, 6.07) is -0.796. The molecule has 1 atom stereocenters. The highest BCUT2D eigenvalue weighted by Gasteiger charge is 2.44. The van der Waals surface area contributed by atoms with Crippen LogP contribution in [0.2, 0.25) is 0 Å². The van der Waals surface area contributed by atoms with Crippen molar-refractivity contribution in [2.75, 3.05) is 6.61 Å². The molecule has 0 aliphatic carbocycles. The lowest BCUT2D eigenvalue weighted by molar-refractivity contribution is -0.140. The maximum Gasteiger partial charge on any atom is 0.416 e. The van der Waals surface area contributed by atoms with Gasteiger partial charge < -0.3 is 10.8 Å². The zero-order chi connectivity index (χ0) is 14.1. The average Bonchev–Trinajstić information content (AvgIpc) is 2.26. The number of hydrogen-bond donors (Lipinski definition) is 2. The summed E-state index contributed by atoms with van der Waals surface area (Å²) < 4.78 is 77.1. The van der Waals surface area contributed by atoms with Crippen LogP contribution in [0.1, 0.15) is 17.2 Å². The molecule has 0 aliphatic rings. The highest BCUT2D eigenvalue weighted by atomic mass is 35.5. The van der Waals surface area contributed by atoms with Crippen LogP contribution >= 0.6 is 12.4 Å². The van der Waals surface area contributed by atoms with Crippen LogP contribution in [0, 0.1) is 5.82 Å². The Balaban J connectivity index is 0.00000324. The van der Waals surface area contributed by atoms with Crippen LogP contribution in [0.3, 0.4) is 0 Å². The minimum absolute atomic E-state index is 0. The normalized spacial score (nSPS) is 13.9. The first kappa shape index (κ1) is 18.0. The molecule has 19 heavy (non-hydrogen) atoms. The predicted molar refractivity (Wildman–Crippen MR) is 57.6 cm³/mol. The van der Waals surface area contributed by atoms with Crippen LogP contribution in [0.25, 0.3) is 0 Å². The lowest BCUT2D eigenvalue weighted by Crippen LogP contribution is -2.38. The number of alkyl halides is 5. The number of aliphatic hydroxyl groups is 1. The summed E-state index contributed by atoms with van der Waals surface area (Å²) >= 11 is 0. The maximum atomic E-state index is 13.3. The molecule has 0 amide bonds. The number of hydrogen-bond acceptors (Lipinski definition) is 2. The van der Waals surface area contributed by atoms with Crippen molar-refractivity contribution in [3.05, 3.63) is 35.1 Å². The molecule has 1 aromatic carbocycles. The van der Waals surface area contributed by atoms with Gasteiger partial charge in [-0.1, -0.05) is 6.07 Å². The molecule has 0 bridgehead atoms. The highest BCUT2D eigenvalue weighted by molar-refractivity contribution is 5.85. The monoisotopic (exact) mass is 309 g/mol. The van der Waals surface area contributed by atoms with Crippen LogP contribution in [0.15, 0.2) is 18.2 Å². The van der Waals surface area contributed by atoms with Gasteiger partial charge in [0.25, 0.3) is 5.92 Å². The van der Waals surface area contributed by atoms with Gasteiger partial charge in [-0.2, -0.15) is 13.2 Å². The molecular formula is C10H10ClF6NO. The fraction of sp³-hybridized carbons (Fsp3) is 0.400. The van der Waals surface area contributed by atoms with Crippen molar-refractivity contribution < 1.29 is 31.4 Å². The fourth-order valence-electron chi connectivity index (χ4n) is 1.41. The summed E-state index contributed by atoms with van der Waals surface area (Å²) in [5.41, 5.74) is 1.99. The van der Waals surface area contributed by atoms with Gasteiger partial charge >= 0.3 is 6.18 Å². The predicted octanol–water partition coefficient (Wildman–Crippen LogP) is 2.89. The lowest BCUT2D eigenvalue weighted by atomic mass is 9.95. The Labute approximate surface area is 110 Å². The second-order valence-corrected chi connectivity index (χ2v) is 3.60. The van der Waals surface area contributed by atoms with Gasteiger partial charge in [-0.25, -0.2) is 13.2 Å². The molecule has 0 fully saturated rings. The summed E-state index contributed by atoms with van der Waals surface area (Å²) in [7, 11) is 0. The number of rotatable bonds is 3. The molecule has 0 saturated carbocycles. The smallest absolute Gasteiger partial charge is 0.390 e. The third-order valence-electron chi connectivity index (χ3n) is 2.34. The topological polar surface area (TPSA) is 46.2 Å². The number of halogens is 7. The van der Waals surface area contributed by atoms with E-state index in [-0.39, 0.29) is 12.4 Å². The molecule has 2 nitrogen and oxygen atoms in total. The van der Waals surface area contributed by atoms with E-state index < -0.39 is 41.7 Å². The molecule has 9 heteroatoms. The molecule has 1 rings (SSSR count). The number of benzene rings is 1. The minimum atomic E-state index is -5.01. The molecule has 110 valence electrons. The molecular weight excluding hydrogens is 300 g/mol. The van der Waals surface area contributed by atoms with E-state index in [2.05, 4.69) is 0 Å². The first-order valence-corrected chi connectivity index (χ1v) is 4.71. The van der Waals surface area contributed by atoms with Gasteiger partial charge in [0.2, 0.25) is 0 Å². The van der Waals surface area contributed by atoms with E-state index in [9.17, 15) is 26.3 Å². The van der Waals surface area contributed by atoms with Gasteiger partial charge in [0.05, 0.1) is 5.56 Å². The van der Waals surface area contributed by atoms with Crippen LogP contribution in [-0.2, 0) is 6.18 Å². The van der Waals surface area contributed by atoms with Crippen molar-refractivity contribution in [3.63, 3.8) is 0 Å². The van der Waals surface area contributed by atoms with Crippen molar-refractivity contribution in [1.29, 1.82) is 0 Å². The lowest BCUT2D eigenvalue weighted by Gasteiger charge is -2.25. The Hall–Kier alpha value is -0.990. The zero-order valence-electron chi connectivity index (χ0n) is 9.22. The van der Waals surface area contributed by atoms with Crippen molar-refractivity contribution in [2.45, 2.75) is 18.1 Å². The summed E-state index contributed by atoms with van der Waals surface area (Å²) in [4.78, 5) is 0. The molecule has 3 N–H and O–H groups in total. The minimum Gasteiger partial charge on any atom is -0.390 e. The molecule has 0 aromatic heterocycles. The van der Waals surface area contributed by atoms with Crippen molar-refractivity contribution in [3.8, 4) is 0 Å². The van der Waals surface area contributed by atoms with E-state index in [1.807, 2.05) is 0 Å². The van der Waals surface area contributed by atoms with Crippen LogP contribution in [-0.4, -0.2) is 17.6 Å². The van der Waals surface area contributed by atoms with E-state index in [1.54, 1.807) is 0 Å². The molecule has 0 unspecified atom stereocenters. The maximum absolute atomic E-state index is 13.3. The van der Waals surface area contributed by atoms with Crippen LogP contribution < -0.4 is 5.73 Å². The van der Waals surface area contributed by atoms with E-state index in [0.29, 0.717) is 12.1 Å². The number of aliphatic hydroxyl groups excluding tert-OH is 1. The quantitative estimate of drug-likeness (QED) is 0.843. The fourth-order valence-corrected chi connectivity index (χ4v) is 1.41. The van der Waals surface area contributed by atoms with E-state index in [0.717, 1.165) is 6.07 Å². The summed E-state index contributed by atoms with van der Waals surface area (Å²) in [5.74, 6) is -5.55. The molecule has 0 aliphatic heterocycles. The molecule has 1 aromatic rings. The van der Waals surface area contributed by atoms with E-state index >= 15 is 0 Å². The second kappa shape index (κ2) is 5.98. The highest BCUT2D eigenvalue weighted by Crippen LogP contribution is 2.39. The zero-order valence-corrected chi connectivity index (χ0v) is 10.0. The Morgan fingerprint density at radius 2 is 1.68 bits per heavy atom. The van der Waals surface area contributed by atoms with Gasteiger partial charge in [0.1, 0.15) is 18.5 Å². The molecule has 0 heterocycles. The van der Waals surface area contributed by atoms with Gasteiger partial charge in [-0.3, -0.25) is 0 Å². The molecule has 0 radical (unpaired) electrons. The van der Waals surface area contributed by atoms with Gasteiger partial charge in [0.15, 0.2) is 0 Å². The van der Waals surface area contributed by atoms with Gasteiger partial charge in [0, 0.05) is 5.56 Å². The van der Waals surface area contributed by atoms with Crippen LogP contribution in [0.5, 0.6) is 0 Å². The van der Waals surface area contributed by atoms with Gasteiger partial charge in [-0.05, 0) is 12.1 Å². The second-order valence-electron chi connectivity index (χ2n) is 3.60. The van der Waals surface area contributed by atoms with Gasteiger partial charge in [-0.15, -0.1) is 12.4 Å². The van der Waals surface area contributed by atoms with Crippen molar-refractivity contribution in [2.24, 2.45) is 5.73 Å². The summed E-state index contributed by atoms with van der Waals surface area (Å²) in [5, 5.41) is 8.38. The third kappa shape index (κ3) is 3.74. The van der Waals surface area contributed by atoms with E-state index in [4.69, 9.17) is 10.8 Å². The van der Waals surface area contributed by atoms with Crippen molar-refractivity contribution in [1.82, 2.24) is 0 Å². The number of nitrogens with two attached hydrogens (primary N) is 1. The largest absolute Gasteiger partial charge is 0.416 e. The van der Waals surface area contributed by atoms with Crippen molar-refractivity contribution >= 4 is 12.4 Å². The third-order valence-corrected chi connectivity index (χ3v) is 2.34. The first-order valence-electron chi connectivity index (χ1n) is 4.71. The molecule has 0 spiro atoms. The Bertz CT molecular complexity index is 437. The Morgan fingerprint density at radius 1 is 1.16 bits per heavy atom. The molecule has 0 saturated heterocycles.